The van der Waals surface area contributed by atoms with Gasteiger partial charge in [0.05, 0.1) is 43.7 Å². The van der Waals surface area contributed by atoms with E-state index in [1.165, 1.54) is 19.1 Å². The molecule has 20 nitrogen and oxygen atoms in total. The van der Waals surface area contributed by atoms with E-state index in [4.69, 9.17) is 45.8 Å². The topological polar surface area (TPSA) is 281 Å². The maximum absolute atomic E-state index is 14.5. The summed E-state index contributed by atoms with van der Waals surface area (Å²) >= 11 is 10.4. The number of nitrogens with one attached hydrogen (secondary N) is 3. The minimum absolute atomic E-state index is 0.00271. The Balaban J connectivity index is 1.32. The van der Waals surface area contributed by atoms with Crippen LogP contribution < -0.4 is 31.3 Å². The molecule has 3 aliphatic rings. The summed E-state index contributed by atoms with van der Waals surface area (Å²) in [6.45, 7) is 16.9. The minimum atomic E-state index is -1.64. The molecule has 0 aromatic heterocycles. The van der Waals surface area contributed by atoms with Crippen LogP contribution in [-0.2, 0) is 65.3 Å². The first kappa shape index (κ1) is 69.9. The SMILES string of the molecule is CCC(CC)C(=O)OC(C)(C)CCCCC(=O)C[C@H](C(=O)N[C@@H](CCCNC(N)=O)C(=O)Cc1ccc(NC(=O)O[C@H]2CC(=O)N(C)c3cc(cc(OC)c3Cl)C/C(C)=C/C=C/[C@@H](OC)[C@]3(O)CC(=O)O[C@@H](C3)[C@@H](C)[C@@H]3O[C@@]23C)cc1Br)C(C)C. The predicted molar refractivity (Wildman–Crippen MR) is 326 cm³/mol. The number of ketones is 2. The van der Waals surface area contributed by atoms with Crippen molar-refractivity contribution in [3.05, 3.63) is 74.8 Å². The van der Waals surface area contributed by atoms with E-state index in [-0.39, 0.29) is 91.6 Å². The molecule has 4 bridgehead atoms. The second-order valence-electron chi connectivity index (χ2n) is 24.1. The van der Waals surface area contributed by atoms with Crippen molar-refractivity contribution in [2.75, 3.05) is 38.0 Å². The summed E-state index contributed by atoms with van der Waals surface area (Å²) in [5, 5.41) is 20.4. The molecule has 2 saturated heterocycles. The number of carbonyl (C=O) groups is 8. The van der Waals surface area contributed by atoms with Crippen LogP contribution >= 0.6 is 27.5 Å². The molecule has 22 heteroatoms. The highest BCUT2D eigenvalue weighted by Crippen LogP contribution is 2.50. The number of urea groups is 1. The van der Waals surface area contributed by atoms with E-state index in [2.05, 4.69) is 31.9 Å². The van der Waals surface area contributed by atoms with Crippen LogP contribution in [0, 0.1) is 23.7 Å². The van der Waals surface area contributed by atoms with Crippen molar-refractivity contribution in [3.63, 3.8) is 0 Å². The van der Waals surface area contributed by atoms with Crippen molar-refractivity contribution < 1.29 is 71.9 Å². The number of benzene rings is 2. The van der Waals surface area contributed by atoms with Gasteiger partial charge >= 0.3 is 24.1 Å². The fourth-order valence-corrected chi connectivity index (χ4v) is 12.0. The number of fused-ring (bicyclic) bond motifs is 5. The average molecular weight is 1270 g/mol. The van der Waals surface area contributed by atoms with Crippen LogP contribution in [0.25, 0.3) is 0 Å². The third-order valence-electron chi connectivity index (χ3n) is 16.6. The normalized spacial score (nSPS) is 24.4. The summed E-state index contributed by atoms with van der Waals surface area (Å²) in [7, 11) is 4.48. The zero-order valence-electron chi connectivity index (χ0n) is 51.4. The Hall–Kier alpha value is -5.87. The molecule has 0 radical (unpaired) electrons. The lowest BCUT2D eigenvalue weighted by Gasteiger charge is -2.41. The van der Waals surface area contributed by atoms with Gasteiger partial charge in [-0.15, -0.1) is 0 Å². The Labute approximate surface area is 513 Å². The van der Waals surface area contributed by atoms with Gasteiger partial charge in [-0.1, -0.05) is 92.0 Å². The van der Waals surface area contributed by atoms with Crippen LogP contribution in [0.5, 0.6) is 5.75 Å². The van der Waals surface area contributed by atoms with Gasteiger partial charge in [0.15, 0.2) is 5.78 Å². The number of esters is 2. The second kappa shape index (κ2) is 31.2. The van der Waals surface area contributed by atoms with E-state index < -0.39 is 89.0 Å². The van der Waals surface area contributed by atoms with E-state index in [1.54, 1.807) is 63.4 Å². The maximum Gasteiger partial charge on any atom is 0.412 e. The number of rotatable bonds is 25. The van der Waals surface area contributed by atoms with Crippen molar-refractivity contribution in [2.45, 2.75) is 199 Å². The Bertz CT molecular complexity index is 2800. The molecule has 0 spiro atoms. The van der Waals surface area contributed by atoms with Gasteiger partial charge in [0, 0.05) is 68.4 Å². The highest BCUT2D eigenvalue weighted by Gasteiger charge is 2.64. The zero-order chi connectivity index (χ0) is 63.1. The summed E-state index contributed by atoms with van der Waals surface area (Å²) in [5.41, 5.74) is 4.47. The number of unbranched alkanes of at least 4 members (excludes halogenated alkanes) is 1. The number of anilines is 2. The zero-order valence-corrected chi connectivity index (χ0v) is 53.7. The number of nitrogens with two attached hydrogens (primary N) is 1. The number of primary amides is 1. The molecular weight excluding hydrogens is 1180 g/mol. The molecule has 2 fully saturated rings. The van der Waals surface area contributed by atoms with Gasteiger partial charge < -0.3 is 54.8 Å². The largest absolute Gasteiger partial charge is 0.495 e. The molecule has 3 aliphatic heterocycles. The number of hydrogen-bond donors (Lipinski definition) is 5. The Morgan fingerprint density at radius 2 is 1.74 bits per heavy atom. The summed E-state index contributed by atoms with van der Waals surface area (Å²) in [4.78, 5) is 109. The number of epoxide rings is 1. The number of hydrogen-bond acceptors (Lipinski definition) is 15. The fraction of sp³-hybridized carbons (Fsp3) is 0.619. The van der Waals surface area contributed by atoms with E-state index in [9.17, 15) is 43.5 Å². The summed E-state index contributed by atoms with van der Waals surface area (Å²) in [5.74, 6) is -3.61. The predicted octanol–water partition coefficient (Wildman–Crippen LogP) is 9.98. The quantitative estimate of drug-likeness (QED) is 0.0268. The molecule has 9 atom stereocenters. The van der Waals surface area contributed by atoms with Crippen LogP contribution in [0.15, 0.2) is 58.6 Å². The van der Waals surface area contributed by atoms with E-state index in [0.29, 0.717) is 66.4 Å². The smallest absolute Gasteiger partial charge is 0.412 e. The summed E-state index contributed by atoms with van der Waals surface area (Å²) in [6.07, 6.45) is 4.05. The lowest BCUT2D eigenvalue weighted by Crippen LogP contribution is -2.53. The van der Waals surface area contributed by atoms with Crippen LogP contribution in [0.3, 0.4) is 0 Å². The average Bonchev–Trinajstić information content (AvgIpc) is 1.84. The molecule has 5 amide bonds. The standard InChI is InChI=1S/C63H89BrClN5O15/c1-13-40(14-2)58(76)85-61(7,8)25-16-15-20-43(71)32-44(36(3)4)57(75)69-46(21-18-26-67-59(66)77)48(72)30-41-23-24-42(31-45(41)64)68-60(78)83-52-33-53(73)70(10)47-28-39(29-49(80-11)55(47)65)27-37(5)19-17-22-51(81-12)63(79)34-50(82-54(74)35-63)38(6)56-62(52,9)84-56/h17,19,22-24,28-29,31,36,38,40,44,46,50-52,56,79H,13-16,18,20-21,25-27,30,32-35H2,1-12H3,(H,68,78)(H,69,75)(H3,66,67,77)/b22-17+,37-19+/t38-,44+,46+,50+,51-,52+,56+,62+,63-/m1/s1. The lowest BCUT2D eigenvalue weighted by atomic mass is 9.78. The van der Waals surface area contributed by atoms with Gasteiger partial charge in [-0.05, 0) is 120 Å². The van der Waals surface area contributed by atoms with Crippen LogP contribution in [0.1, 0.15) is 150 Å². The molecule has 0 unspecified atom stereocenters. The van der Waals surface area contributed by atoms with Crippen molar-refractivity contribution >= 4 is 86.3 Å². The number of halogens is 2. The van der Waals surface area contributed by atoms with Crippen molar-refractivity contribution in [1.82, 2.24) is 10.6 Å². The van der Waals surface area contributed by atoms with Crippen LogP contribution in [-0.4, -0.2) is 128 Å². The Morgan fingerprint density at radius 3 is 2.38 bits per heavy atom. The first-order valence-corrected chi connectivity index (χ1v) is 30.6. The highest BCUT2D eigenvalue weighted by atomic mass is 79.9. The molecule has 3 heterocycles. The van der Waals surface area contributed by atoms with Gasteiger partial charge in [0.2, 0.25) is 11.8 Å². The molecule has 470 valence electrons. The highest BCUT2D eigenvalue weighted by molar-refractivity contribution is 9.10. The van der Waals surface area contributed by atoms with Crippen molar-refractivity contribution in [3.8, 4) is 5.75 Å². The lowest BCUT2D eigenvalue weighted by molar-refractivity contribution is -0.187. The molecule has 5 rings (SSSR count). The van der Waals surface area contributed by atoms with Gasteiger partial charge in [-0.25, -0.2) is 9.59 Å². The number of nitrogens with zero attached hydrogens (tertiary/aromatic N) is 1. The summed E-state index contributed by atoms with van der Waals surface area (Å²) < 4.78 is 35.9. The second-order valence-corrected chi connectivity index (χ2v) is 25.3. The molecule has 85 heavy (non-hydrogen) atoms. The first-order chi connectivity index (χ1) is 40.0. The molecule has 0 aliphatic carbocycles. The molecule has 0 saturated carbocycles. The molecular formula is C63H89BrClN5O15. The van der Waals surface area contributed by atoms with Gasteiger partial charge in [-0.2, -0.15) is 0 Å². The van der Waals surface area contributed by atoms with Crippen LogP contribution in [0.4, 0.5) is 21.0 Å². The number of Topliss-reactive ketones (excluding diaryl/α,β-unsaturated/α-hetero) is 2. The molecule has 2 aromatic rings. The number of carbonyl (C=O) groups excluding carboxylic acids is 8. The third-order valence-corrected chi connectivity index (χ3v) is 17.7. The first-order valence-electron chi connectivity index (χ1n) is 29.4. The van der Waals surface area contributed by atoms with Crippen LogP contribution in [0.2, 0.25) is 5.02 Å². The number of amides is 5. The number of aliphatic hydroxyl groups is 1. The Kier molecular flexibility index (Phi) is 25.6. The molecule has 6 N–H and O–H groups in total. The van der Waals surface area contributed by atoms with Gasteiger partial charge in [0.25, 0.3) is 0 Å². The monoisotopic (exact) mass is 1270 g/mol. The van der Waals surface area contributed by atoms with Gasteiger partial charge in [-0.3, -0.25) is 34.1 Å². The van der Waals surface area contributed by atoms with E-state index >= 15 is 0 Å². The Morgan fingerprint density at radius 1 is 1.04 bits per heavy atom. The van der Waals surface area contributed by atoms with E-state index in [0.717, 1.165) is 11.1 Å². The fourth-order valence-electron chi connectivity index (χ4n) is 11.2. The van der Waals surface area contributed by atoms with Gasteiger partial charge in [0.1, 0.15) is 51.7 Å². The maximum atomic E-state index is 14.5. The minimum Gasteiger partial charge on any atom is -0.495 e. The number of methoxy groups -OCH3 is 2. The number of ether oxygens (including phenoxy) is 6. The van der Waals surface area contributed by atoms with Crippen molar-refractivity contribution in [2.24, 2.45) is 29.4 Å². The third kappa shape index (κ3) is 19.6. The van der Waals surface area contributed by atoms with E-state index in [1.807, 2.05) is 54.5 Å². The summed E-state index contributed by atoms with van der Waals surface area (Å²) in [6, 6.07) is 6.57. The number of allylic oxidation sites excluding steroid dienone is 3. The van der Waals surface area contributed by atoms with Crippen molar-refractivity contribution in [1.29, 1.82) is 0 Å². The molecule has 2 aromatic carbocycles.